The van der Waals surface area contributed by atoms with Crippen LogP contribution in [0.5, 0.6) is 0 Å². The molecule has 192 valence electrons. The van der Waals surface area contributed by atoms with E-state index in [1.807, 2.05) is 13.8 Å². The summed E-state index contributed by atoms with van der Waals surface area (Å²) in [5.74, 6) is -2.32. The van der Waals surface area contributed by atoms with Gasteiger partial charge in [0, 0.05) is 6.54 Å². The van der Waals surface area contributed by atoms with E-state index in [1.54, 1.807) is 6.08 Å². The van der Waals surface area contributed by atoms with Gasteiger partial charge in [-0.05, 0) is 56.9 Å². The van der Waals surface area contributed by atoms with Gasteiger partial charge in [0.05, 0.1) is 6.04 Å². The number of amides is 4. The van der Waals surface area contributed by atoms with Crippen LogP contribution in [0.1, 0.15) is 79.6 Å². The second-order valence-electron chi connectivity index (χ2n) is 9.36. The third-order valence-corrected chi connectivity index (χ3v) is 6.33. The molecule has 1 fully saturated rings. The SMILES string of the molecule is CC[C@@H](C)CC/C=C/C(=O)N[C@H]1CCCNC(=O)[C@H](C[C@H](C)CC)NC(=O)C(=O)[C@H](C)NC1=O. The summed E-state index contributed by atoms with van der Waals surface area (Å²) in [4.78, 5) is 62.7. The lowest BCUT2D eigenvalue weighted by Crippen LogP contribution is -2.54. The molecule has 0 aromatic heterocycles. The minimum atomic E-state index is -1.09. The molecule has 1 rings (SSSR count). The van der Waals surface area contributed by atoms with E-state index in [9.17, 15) is 24.0 Å². The van der Waals surface area contributed by atoms with Crippen LogP contribution in [-0.2, 0) is 24.0 Å². The first-order valence-corrected chi connectivity index (χ1v) is 12.5. The molecular weight excluding hydrogens is 436 g/mol. The largest absolute Gasteiger partial charge is 0.354 e. The summed E-state index contributed by atoms with van der Waals surface area (Å²) in [5.41, 5.74) is 0. The van der Waals surface area contributed by atoms with Crippen molar-refractivity contribution in [3.63, 3.8) is 0 Å². The summed E-state index contributed by atoms with van der Waals surface area (Å²) < 4.78 is 0. The Bertz CT molecular complexity index is 752. The predicted molar refractivity (Wildman–Crippen MR) is 131 cm³/mol. The van der Waals surface area contributed by atoms with Gasteiger partial charge < -0.3 is 21.3 Å². The molecule has 9 nitrogen and oxygen atoms in total. The van der Waals surface area contributed by atoms with Crippen molar-refractivity contribution < 1.29 is 24.0 Å². The van der Waals surface area contributed by atoms with Crippen LogP contribution in [0, 0.1) is 11.8 Å². The van der Waals surface area contributed by atoms with Crippen LogP contribution in [0.25, 0.3) is 0 Å². The first-order chi connectivity index (χ1) is 16.1. The molecule has 0 bridgehead atoms. The molecule has 1 heterocycles. The van der Waals surface area contributed by atoms with Gasteiger partial charge >= 0.3 is 0 Å². The van der Waals surface area contributed by atoms with Crippen molar-refractivity contribution in [2.45, 2.75) is 97.7 Å². The maximum Gasteiger partial charge on any atom is 0.290 e. The van der Waals surface area contributed by atoms with Crippen molar-refractivity contribution in [1.29, 1.82) is 0 Å². The van der Waals surface area contributed by atoms with Crippen molar-refractivity contribution in [3.05, 3.63) is 12.2 Å². The first kappa shape index (κ1) is 29.3. The minimum absolute atomic E-state index is 0.178. The van der Waals surface area contributed by atoms with Crippen LogP contribution in [0.15, 0.2) is 12.2 Å². The molecule has 0 aromatic carbocycles. The van der Waals surface area contributed by atoms with E-state index in [1.165, 1.54) is 13.0 Å². The number of allylic oxidation sites excluding steroid dienone is 1. The molecule has 0 aliphatic carbocycles. The van der Waals surface area contributed by atoms with Crippen molar-refractivity contribution in [3.8, 4) is 0 Å². The number of carbonyl (C=O) groups is 5. The van der Waals surface area contributed by atoms with Crippen LogP contribution >= 0.6 is 0 Å². The molecule has 5 atom stereocenters. The Morgan fingerprint density at radius 2 is 1.74 bits per heavy atom. The highest BCUT2D eigenvalue weighted by atomic mass is 16.2. The van der Waals surface area contributed by atoms with E-state index in [-0.39, 0.29) is 24.8 Å². The summed E-state index contributed by atoms with van der Waals surface area (Å²) >= 11 is 0. The van der Waals surface area contributed by atoms with E-state index in [0.29, 0.717) is 18.8 Å². The quantitative estimate of drug-likeness (QED) is 0.296. The van der Waals surface area contributed by atoms with Gasteiger partial charge in [-0.25, -0.2) is 0 Å². The van der Waals surface area contributed by atoms with Crippen LogP contribution in [0.3, 0.4) is 0 Å². The highest BCUT2D eigenvalue weighted by Crippen LogP contribution is 2.11. The highest BCUT2D eigenvalue weighted by molar-refractivity contribution is 6.38. The summed E-state index contributed by atoms with van der Waals surface area (Å²) in [5, 5.41) is 10.5. The molecule has 0 aromatic rings. The number of hydrogen-bond acceptors (Lipinski definition) is 5. The fourth-order valence-electron chi connectivity index (χ4n) is 3.51. The van der Waals surface area contributed by atoms with Gasteiger partial charge in [-0.2, -0.15) is 0 Å². The molecule has 34 heavy (non-hydrogen) atoms. The van der Waals surface area contributed by atoms with Gasteiger partial charge in [-0.1, -0.05) is 46.6 Å². The molecule has 4 amide bonds. The summed E-state index contributed by atoms with van der Waals surface area (Å²) in [6.07, 6.45) is 7.97. The maximum absolute atomic E-state index is 12.8. The lowest BCUT2D eigenvalue weighted by molar-refractivity contribution is -0.141. The third kappa shape index (κ3) is 10.5. The first-order valence-electron chi connectivity index (χ1n) is 12.5. The molecule has 1 aliphatic rings. The zero-order valence-electron chi connectivity index (χ0n) is 21.2. The number of carbonyl (C=O) groups excluding carboxylic acids is 5. The number of rotatable bonds is 9. The van der Waals surface area contributed by atoms with Crippen molar-refractivity contribution in [2.75, 3.05) is 6.54 Å². The van der Waals surface area contributed by atoms with Crippen LogP contribution in [-0.4, -0.2) is 54.1 Å². The molecule has 4 N–H and O–H groups in total. The monoisotopic (exact) mass is 478 g/mol. The summed E-state index contributed by atoms with van der Waals surface area (Å²) in [7, 11) is 0. The molecule has 0 spiro atoms. The molecule has 0 unspecified atom stereocenters. The van der Waals surface area contributed by atoms with E-state index < -0.39 is 41.6 Å². The van der Waals surface area contributed by atoms with E-state index in [0.717, 1.165) is 25.7 Å². The normalized spacial score (nSPS) is 24.7. The predicted octanol–water partition coefficient (Wildman–Crippen LogP) is 1.76. The van der Waals surface area contributed by atoms with E-state index >= 15 is 0 Å². The fraction of sp³-hybridized carbons (Fsp3) is 0.720. The van der Waals surface area contributed by atoms with Gasteiger partial charge in [0.2, 0.25) is 23.5 Å². The zero-order chi connectivity index (χ0) is 25.7. The number of ketones is 1. The van der Waals surface area contributed by atoms with Crippen LogP contribution in [0.2, 0.25) is 0 Å². The second kappa shape index (κ2) is 15.2. The van der Waals surface area contributed by atoms with Gasteiger partial charge in [0.15, 0.2) is 0 Å². The molecule has 9 heteroatoms. The lowest BCUT2D eigenvalue weighted by Gasteiger charge is -2.21. The maximum atomic E-state index is 12.8. The van der Waals surface area contributed by atoms with E-state index in [2.05, 4.69) is 35.1 Å². The molecule has 1 aliphatic heterocycles. The average molecular weight is 479 g/mol. The smallest absolute Gasteiger partial charge is 0.290 e. The fourth-order valence-corrected chi connectivity index (χ4v) is 3.51. The topological polar surface area (TPSA) is 133 Å². The van der Waals surface area contributed by atoms with Gasteiger partial charge in [-0.3, -0.25) is 24.0 Å². The molecule has 0 saturated carbocycles. The van der Waals surface area contributed by atoms with Gasteiger partial charge in [0.1, 0.15) is 12.1 Å². The third-order valence-electron chi connectivity index (χ3n) is 6.33. The number of nitrogens with one attached hydrogen (secondary N) is 4. The number of Topliss-reactive ketones (excluding diaryl/α,β-unsaturated/α-hetero) is 1. The Labute approximate surface area is 203 Å². The lowest BCUT2D eigenvalue weighted by atomic mass is 9.98. The highest BCUT2D eigenvalue weighted by Gasteiger charge is 2.31. The number of hydrogen-bond donors (Lipinski definition) is 4. The van der Waals surface area contributed by atoms with Crippen molar-refractivity contribution in [1.82, 2.24) is 21.3 Å². The van der Waals surface area contributed by atoms with Crippen LogP contribution in [0.4, 0.5) is 0 Å². The Balaban J connectivity index is 2.88. The molecular formula is C25H42N4O5. The molecule has 0 radical (unpaired) electrons. The Hall–Kier alpha value is -2.71. The standard InChI is InChI=1S/C25H42N4O5/c1-6-16(3)11-8-9-13-21(30)28-19-12-10-14-26-23(32)20(15-17(4)7-2)29-25(34)22(31)18(5)27-24(19)33/h9,13,16-20H,6-8,10-12,14-15H2,1-5H3,(H,26,32)(H,27,33)(H,28,30)(H,29,34)/b13-9+/t16-,17-,18+,19+,20+/m1/s1. The van der Waals surface area contributed by atoms with Crippen molar-refractivity contribution in [2.24, 2.45) is 11.8 Å². The zero-order valence-corrected chi connectivity index (χ0v) is 21.2. The Kier molecular flexibility index (Phi) is 13.1. The molecule has 1 saturated heterocycles. The van der Waals surface area contributed by atoms with Gasteiger partial charge in [0.25, 0.3) is 5.91 Å². The summed E-state index contributed by atoms with van der Waals surface area (Å²) in [6.45, 7) is 9.92. The Morgan fingerprint density at radius 3 is 2.38 bits per heavy atom. The van der Waals surface area contributed by atoms with E-state index in [4.69, 9.17) is 0 Å². The second-order valence-corrected chi connectivity index (χ2v) is 9.36. The summed E-state index contributed by atoms with van der Waals surface area (Å²) in [6, 6.07) is -2.81. The van der Waals surface area contributed by atoms with Crippen molar-refractivity contribution >= 4 is 29.4 Å². The van der Waals surface area contributed by atoms with Crippen LogP contribution < -0.4 is 21.3 Å². The van der Waals surface area contributed by atoms with Gasteiger partial charge in [-0.15, -0.1) is 0 Å². The Morgan fingerprint density at radius 1 is 1.06 bits per heavy atom. The minimum Gasteiger partial charge on any atom is -0.354 e. The average Bonchev–Trinajstić information content (AvgIpc) is 2.81.